The van der Waals surface area contributed by atoms with Crippen molar-refractivity contribution in [2.24, 2.45) is 11.7 Å². The van der Waals surface area contributed by atoms with Gasteiger partial charge in [0.25, 0.3) is 0 Å². The number of hydrogen-bond donors (Lipinski definition) is 2. The molecule has 2 rings (SSSR count). The van der Waals surface area contributed by atoms with Gasteiger partial charge in [-0.2, -0.15) is 0 Å². The molecule has 1 aromatic carbocycles. The number of carbonyl (C=O) groups excluding carboxylic acids is 1. The number of carbonyl (C=O) groups is 1. The lowest BCUT2D eigenvalue weighted by atomic mass is 10.2. The molecule has 1 saturated carbocycles. The summed E-state index contributed by atoms with van der Waals surface area (Å²) in [4.78, 5) is 11.8. The molecule has 1 aliphatic rings. The molecule has 4 nitrogen and oxygen atoms in total. The van der Waals surface area contributed by atoms with Crippen LogP contribution in [0.1, 0.15) is 19.3 Å². The van der Waals surface area contributed by atoms with Gasteiger partial charge in [0.2, 0.25) is 5.91 Å². The van der Waals surface area contributed by atoms with Gasteiger partial charge in [-0.3, -0.25) is 4.79 Å². The average molecular weight is 398 g/mol. The Labute approximate surface area is 144 Å². The third kappa shape index (κ3) is 6.02. The molecule has 1 aromatic rings. The highest BCUT2D eigenvalue weighted by Gasteiger charge is 2.31. The van der Waals surface area contributed by atoms with E-state index in [-0.39, 0.29) is 24.4 Å². The Morgan fingerprint density at radius 1 is 1.52 bits per heavy atom. The van der Waals surface area contributed by atoms with E-state index in [2.05, 4.69) is 21.2 Å². The van der Waals surface area contributed by atoms with Crippen molar-refractivity contribution in [2.75, 3.05) is 13.2 Å². The van der Waals surface area contributed by atoms with Gasteiger partial charge >= 0.3 is 0 Å². The average Bonchev–Trinajstić information content (AvgIpc) is 3.23. The lowest BCUT2D eigenvalue weighted by Gasteiger charge is -2.16. The van der Waals surface area contributed by atoms with Gasteiger partial charge in [0.05, 0.1) is 17.5 Å². The molecular weight excluding hydrogens is 379 g/mol. The second kappa shape index (κ2) is 8.83. The van der Waals surface area contributed by atoms with E-state index in [1.54, 1.807) is 18.2 Å². The van der Waals surface area contributed by atoms with E-state index in [4.69, 9.17) is 22.1 Å². The summed E-state index contributed by atoms with van der Waals surface area (Å²) in [6.45, 7) is 0.827. The number of benzene rings is 1. The molecule has 1 atom stereocenters. The predicted molar refractivity (Wildman–Crippen MR) is 90.2 cm³/mol. The van der Waals surface area contributed by atoms with Gasteiger partial charge in [-0.25, -0.2) is 0 Å². The minimum absolute atomic E-state index is 0. The van der Waals surface area contributed by atoms with Crippen LogP contribution in [0.3, 0.4) is 0 Å². The zero-order valence-corrected chi connectivity index (χ0v) is 14.6. The highest BCUT2D eigenvalue weighted by molar-refractivity contribution is 9.10. The molecule has 1 unspecified atom stereocenters. The van der Waals surface area contributed by atoms with Crippen molar-refractivity contribution >= 4 is 45.8 Å². The van der Waals surface area contributed by atoms with Crippen molar-refractivity contribution in [2.45, 2.75) is 25.3 Å². The van der Waals surface area contributed by atoms with Crippen LogP contribution in [0, 0.1) is 5.92 Å². The van der Waals surface area contributed by atoms with Gasteiger partial charge in [-0.05, 0) is 52.9 Å². The highest BCUT2D eigenvalue weighted by atomic mass is 79.9. The number of rotatable bonds is 7. The molecule has 0 heterocycles. The molecule has 118 valence electrons. The van der Waals surface area contributed by atoms with Crippen LogP contribution in [-0.2, 0) is 4.79 Å². The molecule has 1 fully saturated rings. The van der Waals surface area contributed by atoms with Crippen molar-refractivity contribution in [3.8, 4) is 5.75 Å². The van der Waals surface area contributed by atoms with E-state index < -0.39 is 0 Å². The van der Waals surface area contributed by atoms with Crippen LogP contribution in [-0.4, -0.2) is 25.1 Å². The smallest absolute Gasteiger partial charge is 0.223 e. The largest absolute Gasteiger partial charge is 0.492 e. The van der Waals surface area contributed by atoms with Crippen LogP contribution in [0.2, 0.25) is 5.02 Å². The molecular formula is C14H19BrCl2N2O2. The molecule has 1 amide bonds. The van der Waals surface area contributed by atoms with Crippen LogP contribution in [0.25, 0.3) is 0 Å². The Balaban J connectivity index is 0.00000220. The summed E-state index contributed by atoms with van der Waals surface area (Å²) in [6, 6.07) is 5.40. The third-order valence-corrected chi connectivity index (χ3v) is 4.13. The van der Waals surface area contributed by atoms with Crippen molar-refractivity contribution in [3.63, 3.8) is 0 Å². The van der Waals surface area contributed by atoms with E-state index in [9.17, 15) is 4.79 Å². The molecule has 0 bridgehead atoms. The SMILES string of the molecule is Cl.NCC(NC(=O)CCOc1ccc(Cl)cc1Br)C1CC1. The van der Waals surface area contributed by atoms with Gasteiger partial charge in [-0.1, -0.05) is 11.6 Å². The summed E-state index contributed by atoms with van der Waals surface area (Å²) in [5.41, 5.74) is 5.65. The van der Waals surface area contributed by atoms with Gasteiger partial charge < -0.3 is 15.8 Å². The molecule has 0 radical (unpaired) electrons. The second-order valence-corrected chi connectivity index (χ2v) is 6.21. The van der Waals surface area contributed by atoms with Gasteiger partial charge in [0.1, 0.15) is 5.75 Å². The van der Waals surface area contributed by atoms with Gasteiger partial charge in [0, 0.05) is 17.6 Å². The summed E-state index contributed by atoms with van der Waals surface area (Å²) in [7, 11) is 0. The number of nitrogens with two attached hydrogens (primary N) is 1. The highest BCUT2D eigenvalue weighted by Crippen LogP contribution is 2.32. The number of ether oxygens (including phenoxy) is 1. The molecule has 21 heavy (non-hydrogen) atoms. The minimum Gasteiger partial charge on any atom is -0.492 e. The Kier molecular flexibility index (Phi) is 7.81. The number of nitrogens with one attached hydrogen (secondary N) is 1. The first-order valence-electron chi connectivity index (χ1n) is 6.67. The van der Waals surface area contributed by atoms with Crippen LogP contribution in [0.4, 0.5) is 0 Å². The molecule has 0 aromatic heterocycles. The number of halogens is 3. The van der Waals surface area contributed by atoms with Crippen LogP contribution >= 0.6 is 39.9 Å². The summed E-state index contributed by atoms with van der Waals surface area (Å²) < 4.78 is 6.34. The lowest BCUT2D eigenvalue weighted by Crippen LogP contribution is -2.42. The zero-order valence-electron chi connectivity index (χ0n) is 11.5. The second-order valence-electron chi connectivity index (χ2n) is 4.92. The van der Waals surface area contributed by atoms with E-state index in [0.717, 1.165) is 17.3 Å². The standard InChI is InChI=1S/C14H18BrClN2O2.ClH/c15-11-7-10(16)3-4-13(11)20-6-5-14(19)18-12(8-17)9-1-2-9;/h3-4,7,9,12H,1-2,5-6,8,17H2,(H,18,19);1H. The molecule has 0 saturated heterocycles. The predicted octanol–water partition coefficient (Wildman–Crippen LogP) is 3.15. The summed E-state index contributed by atoms with van der Waals surface area (Å²) in [5.74, 6) is 1.23. The fourth-order valence-electron chi connectivity index (χ4n) is 1.99. The minimum atomic E-state index is -0.0163. The summed E-state index contributed by atoms with van der Waals surface area (Å²) in [5, 5.41) is 3.60. The maximum absolute atomic E-state index is 11.8. The van der Waals surface area contributed by atoms with Crippen molar-refractivity contribution in [1.82, 2.24) is 5.32 Å². The Morgan fingerprint density at radius 2 is 2.24 bits per heavy atom. The van der Waals surface area contributed by atoms with Crippen LogP contribution < -0.4 is 15.8 Å². The van der Waals surface area contributed by atoms with E-state index in [1.165, 1.54) is 0 Å². The topological polar surface area (TPSA) is 64.3 Å². The van der Waals surface area contributed by atoms with Crippen molar-refractivity contribution in [3.05, 3.63) is 27.7 Å². The Bertz CT molecular complexity index is 484. The quantitative estimate of drug-likeness (QED) is 0.742. The summed E-state index contributed by atoms with van der Waals surface area (Å²) >= 11 is 9.22. The molecule has 7 heteroatoms. The maximum atomic E-state index is 11.8. The van der Waals surface area contributed by atoms with Crippen molar-refractivity contribution < 1.29 is 9.53 Å². The fraction of sp³-hybridized carbons (Fsp3) is 0.500. The van der Waals surface area contributed by atoms with Gasteiger partial charge in [0.15, 0.2) is 0 Å². The first-order chi connectivity index (χ1) is 9.60. The molecule has 0 spiro atoms. The van der Waals surface area contributed by atoms with E-state index >= 15 is 0 Å². The Morgan fingerprint density at radius 3 is 2.81 bits per heavy atom. The monoisotopic (exact) mass is 396 g/mol. The summed E-state index contributed by atoms with van der Waals surface area (Å²) in [6.07, 6.45) is 2.64. The number of hydrogen-bond acceptors (Lipinski definition) is 3. The third-order valence-electron chi connectivity index (χ3n) is 3.27. The maximum Gasteiger partial charge on any atom is 0.223 e. The van der Waals surface area contributed by atoms with Crippen molar-refractivity contribution in [1.29, 1.82) is 0 Å². The van der Waals surface area contributed by atoms with Crippen LogP contribution in [0.5, 0.6) is 5.75 Å². The normalized spacial score (nSPS) is 15.0. The van der Waals surface area contributed by atoms with Gasteiger partial charge in [-0.15, -0.1) is 12.4 Å². The zero-order chi connectivity index (χ0) is 14.5. The van der Waals surface area contributed by atoms with E-state index in [1.807, 2.05) is 0 Å². The Hall–Kier alpha value is -0.490. The first kappa shape index (κ1) is 18.6. The van der Waals surface area contributed by atoms with E-state index in [0.29, 0.717) is 36.3 Å². The number of amides is 1. The first-order valence-corrected chi connectivity index (χ1v) is 7.84. The molecule has 0 aliphatic heterocycles. The lowest BCUT2D eigenvalue weighted by molar-refractivity contribution is -0.122. The molecule has 3 N–H and O–H groups in total. The van der Waals surface area contributed by atoms with Crippen LogP contribution in [0.15, 0.2) is 22.7 Å². The fourth-order valence-corrected chi connectivity index (χ4v) is 2.79. The molecule has 1 aliphatic carbocycles.